The van der Waals surface area contributed by atoms with E-state index in [1.54, 1.807) is 0 Å². The molecule has 0 saturated carbocycles. The molecule has 0 aliphatic carbocycles. The average Bonchev–Trinajstić information content (AvgIpc) is 2.22. The lowest BCUT2D eigenvalue weighted by Gasteiger charge is -2.14. The number of aliphatic hydroxyl groups is 1. The fourth-order valence-electron chi connectivity index (χ4n) is 1.31. The Bertz CT molecular complexity index is 174. The predicted molar refractivity (Wildman–Crippen MR) is 61.4 cm³/mol. The Kier molecular flexibility index (Phi) is 8.33. The summed E-state index contributed by atoms with van der Waals surface area (Å²) in [5.41, 5.74) is 5.47. The van der Waals surface area contributed by atoms with Gasteiger partial charge in [0, 0.05) is 19.1 Å². The van der Waals surface area contributed by atoms with Crippen molar-refractivity contribution in [3.05, 3.63) is 0 Å². The number of nitrogens with two attached hydrogens (primary N) is 1. The Morgan fingerprint density at radius 2 is 2.07 bits per heavy atom. The SMILES string of the molecule is CC(CN)CCC(=O)NC(C)CCCO. The molecule has 4 heteroatoms. The van der Waals surface area contributed by atoms with E-state index in [1.807, 2.05) is 13.8 Å². The number of rotatable bonds is 8. The summed E-state index contributed by atoms with van der Waals surface area (Å²) in [6.45, 7) is 4.82. The highest BCUT2D eigenvalue weighted by Crippen LogP contribution is 2.03. The number of aliphatic hydroxyl groups excluding tert-OH is 1. The third-order valence-corrected chi connectivity index (χ3v) is 2.47. The Hall–Kier alpha value is -0.610. The number of hydrogen-bond acceptors (Lipinski definition) is 3. The lowest BCUT2D eigenvalue weighted by Crippen LogP contribution is -2.32. The van der Waals surface area contributed by atoms with Crippen LogP contribution in [0, 0.1) is 5.92 Å². The summed E-state index contributed by atoms with van der Waals surface area (Å²) in [4.78, 5) is 11.4. The van der Waals surface area contributed by atoms with Crippen LogP contribution in [-0.4, -0.2) is 30.2 Å². The second-order valence-electron chi connectivity index (χ2n) is 4.21. The fraction of sp³-hybridized carbons (Fsp3) is 0.909. The molecule has 0 fully saturated rings. The molecule has 0 spiro atoms. The van der Waals surface area contributed by atoms with Crippen LogP contribution in [0.15, 0.2) is 0 Å². The molecule has 0 heterocycles. The van der Waals surface area contributed by atoms with Gasteiger partial charge in [-0.05, 0) is 38.6 Å². The van der Waals surface area contributed by atoms with Crippen molar-refractivity contribution < 1.29 is 9.90 Å². The maximum absolute atomic E-state index is 11.4. The molecule has 0 aliphatic heterocycles. The van der Waals surface area contributed by atoms with E-state index in [9.17, 15) is 4.79 Å². The van der Waals surface area contributed by atoms with E-state index in [0.717, 1.165) is 19.3 Å². The molecule has 0 rings (SSSR count). The molecule has 0 saturated heterocycles. The summed E-state index contributed by atoms with van der Waals surface area (Å²) in [7, 11) is 0. The summed E-state index contributed by atoms with van der Waals surface area (Å²) in [6.07, 6.45) is 2.95. The van der Waals surface area contributed by atoms with Crippen LogP contribution in [0.4, 0.5) is 0 Å². The number of amides is 1. The molecule has 0 aromatic carbocycles. The Balaban J connectivity index is 3.55. The highest BCUT2D eigenvalue weighted by atomic mass is 16.2. The highest BCUT2D eigenvalue weighted by Gasteiger charge is 2.08. The minimum atomic E-state index is 0.0840. The Labute approximate surface area is 92.2 Å². The van der Waals surface area contributed by atoms with Gasteiger partial charge in [-0.2, -0.15) is 0 Å². The lowest BCUT2D eigenvalue weighted by molar-refractivity contribution is -0.122. The van der Waals surface area contributed by atoms with Crippen LogP contribution in [0.1, 0.15) is 39.5 Å². The van der Waals surface area contributed by atoms with Crippen LogP contribution in [0.2, 0.25) is 0 Å². The zero-order valence-corrected chi connectivity index (χ0v) is 9.83. The molecule has 0 aromatic rings. The van der Waals surface area contributed by atoms with E-state index in [2.05, 4.69) is 5.32 Å². The van der Waals surface area contributed by atoms with E-state index in [1.165, 1.54) is 0 Å². The molecule has 15 heavy (non-hydrogen) atoms. The van der Waals surface area contributed by atoms with Crippen molar-refractivity contribution in [2.24, 2.45) is 11.7 Å². The average molecular weight is 216 g/mol. The summed E-state index contributed by atoms with van der Waals surface area (Å²) >= 11 is 0. The Morgan fingerprint density at radius 3 is 2.60 bits per heavy atom. The van der Waals surface area contributed by atoms with Crippen LogP contribution in [-0.2, 0) is 4.79 Å². The van der Waals surface area contributed by atoms with Crippen LogP contribution >= 0.6 is 0 Å². The zero-order valence-electron chi connectivity index (χ0n) is 9.83. The minimum Gasteiger partial charge on any atom is -0.396 e. The summed E-state index contributed by atoms with van der Waals surface area (Å²) in [5.74, 6) is 0.490. The second kappa shape index (κ2) is 8.68. The van der Waals surface area contributed by atoms with E-state index in [-0.39, 0.29) is 18.6 Å². The van der Waals surface area contributed by atoms with Crippen molar-refractivity contribution in [2.45, 2.75) is 45.6 Å². The number of hydrogen-bond donors (Lipinski definition) is 3. The first-order valence-corrected chi connectivity index (χ1v) is 5.70. The van der Waals surface area contributed by atoms with Crippen molar-refractivity contribution in [1.82, 2.24) is 5.32 Å². The molecule has 1 amide bonds. The summed E-state index contributed by atoms with van der Waals surface area (Å²) in [5, 5.41) is 11.5. The molecular weight excluding hydrogens is 192 g/mol. The van der Waals surface area contributed by atoms with Crippen LogP contribution < -0.4 is 11.1 Å². The lowest BCUT2D eigenvalue weighted by atomic mass is 10.1. The molecule has 0 bridgehead atoms. The highest BCUT2D eigenvalue weighted by molar-refractivity contribution is 5.76. The molecule has 0 radical (unpaired) electrons. The van der Waals surface area contributed by atoms with Gasteiger partial charge in [-0.25, -0.2) is 0 Å². The number of carbonyl (C=O) groups excluding carboxylic acids is 1. The van der Waals surface area contributed by atoms with Gasteiger partial charge in [-0.15, -0.1) is 0 Å². The van der Waals surface area contributed by atoms with Crippen LogP contribution in [0.3, 0.4) is 0 Å². The normalized spacial score (nSPS) is 14.7. The first-order chi connectivity index (χ1) is 7.10. The largest absolute Gasteiger partial charge is 0.396 e. The molecule has 0 aliphatic rings. The summed E-state index contributed by atoms with van der Waals surface area (Å²) in [6, 6.07) is 0.151. The Morgan fingerprint density at radius 1 is 1.40 bits per heavy atom. The van der Waals surface area contributed by atoms with Crippen LogP contribution in [0.5, 0.6) is 0 Å². The molecule has 4 N–H and O–H groups in total. The third-order valence-electron chi connectivity index (χ3n) is 2.47. The molecule has 2 unspecified atom stereocenters. The van der Waals surface area contributed by atoms with Crippen molar-refractivity contribution in [1.29, 1.82) is 0 Å². The van der Waals surface area contributed by atoms with Crippen molar-refractivity contribution >= 4 is 5.91 Å². The maximum atomic E-state index is 11.4. The van der Waals surface area contributed by atoms with Gasteiger partial charge in [0.15, 0.2) is 0 Å². The van der Waals surface area contributed by atoms with Gasteiger partial charge in [0.1, 0.15) is 0 Å². The van der Waals surface area contributed by atoms with Gasteiger partial charge < -0.3 is 16.2 Å². The molecule has 0 aromatic heterocycles. The van der Waals surface area contributed by atoms with Crippen molar-refractivity contribution in [3.8, 4) is 0 Å². The number of nitrogens with one attached hydrogen (secondary N) is 1. The molecule has 4 nitrogen and oxygen atoms in total. The topological polar surface area (TPSA) is 75.4 Å². The third kappa shape index (κ3) is 8.39. The summed E-state index contributed by atoms with van der Waals surface area (Å²) < 4.78 is 0. The zero-order chi connectivity index (χ0) is 11.7. The maximum Gasteiger partial charge on any atom is 0.220 e. The van der Waals surface area contributed by atoms with Gasteiger partial charge in [0.2, 0.25) is 5.91 Å². The second-order valence-corrected chi connectivity index (χ2v) is 4.21. The van der Waals surface area contributed by atoms with E-state index >= 15 is 0 Å². The molecule has 90 valence electrons. The minimum absolute atomic E-state index is 0.0840. The fourth-order valence-corrected chi connectivity index (χ4v) is 1.31. The number of carbonyl (C=O) groups is 1. The van der Waals surface area contributed by atoms with Gasteiger partial charge in [0.05, 0.1) is 0 Å². The van der Waals surface area contributed by atoms with E-state index < -0.39 is 0 Å². The van der Waals surface area contributed by atoms with E-state index in [4.69, 9.17) is 10.8 Å². The molecule has 2 atom stereocenters. The van der Waals surface area contributed by atoms with Crippen LogP contribution in [0.25, 0.3) is 0 Å². The van der Waals surface area contributed by atoms with Crippen molar-refractivity contribution in [2.75, 3.05) is 13.2 Å². The first kappa shape index (κ1) is 14.4. The van der Waals surface area contributed by atoms with Gasteiger partial charge in [0.25, 0.3) is 0 Å². The van der Waals surface area contributed by atoms with Crippen molar-refractivity contribution in [3.63, 3.8) is 0 Å². The van der Waals surface area contributed by atoms with E-state index in [0.29, 0.717) is 18.9 Å². The predicted octanol–water partition coefficient (Wildman–Crippen LogP) is 0.639. The van der Waals surface area contributed by atoms with Gasteiger partial charge in [-0.3, -0.25) is 4.79 Å². The molecular formula is C11H24N2O2. The monoisotopic (exact) mass is 216 g/mol. The smallest absolute Gasteiger partial charge is 0.220 e. The quantitative estimate of drug-likeness (QED) is 0.557. The van der Waals surface area contributed by atoms with Gasteiger partial charge in [-0.1, -0.05) is 6.92 Å². The van der Waals surface area contributed by atoms with Gasteiger partial charge >= 0.3 is 0 Å². The first-order valence-electron chi connectivity index (χ1n) is 5.70. The standard InChI is InChI=1S/C11H24N2O2/c1-9(8-12)5-6-11(15)13-10(2)4-3-7-14/h9-10,14H,3-8,12H2,1-2H3,(H,13,15).